The molecule has 0 spiro atoms. The zero-order chi connectivity index (χ0) is 44.1. The number of ether oxygens (including phenoxy) is 1. The van der Waals surface area contributed by atoms with Gasteiger partial charge < -0.3 is 14.3 Å². The molecule has 12 nitrogen and oxygen atoms in total. The van der Waals surface area contributed by atoms with Crippen LogP contribution in [0, 0.1) is 23.7 Å². The predicted octanol–water partition coefficient (Wildman–Crippen LogP) is 9.12. The van der Waals surface area contributed by atoms with Crippen molar-refractivity contribution in [2.75, 3.05) is 17.4 Å². The molecule has 1 saturated carbocycles. The van der Waals surface area contributed by atoms with Gasteiger partial charge in [-0.2, -0.15) is 18.2 Å². The number of halogens is 5. The molecule has 0 unspecified atom stereocenters. The van der Waals surface area contributed by atoms with Crippen molar-refractivity contribution in [1.29, 1.82) is 0 Å². The molecule has 6 aromatic rings. The van der Waals surface area contributed by atoms with E-state index in [9.17, 15) is 27.9 Å². The second-order valence-electron chi connectivity index (χ2n) is 15.9. The fraction of sp³-hybridized carbons (Fsp3) is 0.217. The van der Waals surface area contributed by atoms with Gasteiger partial charge in [-0.3, -0.25) is 29.5 Å². The maximum atomic E-state index is 15.5. The van der Waals surface area contributed by atoms with E-state index in [1.54, 1.807) is 60.7 Å². The Morgan fingerprint density at radius 2 is 1.65 bits per heavy atom. The molecule has 6 atom stereocenters. The summed E-state index contributed by atoms with van der Waals surface area (Å²) in [5.74, 6) is -7.62. The Bertz CT molecular complexity index is 2910. The number of rotatable bonds is 7. The van der Waals surface area contributed by atoms with Gasteiger partial charge in [-0.05, 0) is 97.1 Å². The van der Waals surface area contributed by atoms with Crippen molar-refractivity contribution >= 4 is 69.4 Å². The molecule has 10 rings (SSSR count). The number of allylic oxidation sites excluding steroid dienone is 2. The Balaban J connectivity index is 1.09. The number of alkyl halides is 3. The number of oxazole rings is 1. The van der Waals surface area contributed by atoms with Crippen LogP contribution in [0.3, 0.4) is 0 Å². The van der Waals surface area contributed by atoms with Crippen LogP contribution in [0.5, 0.6) is 11.5 Å². The average Bonchev–Trinajstić information content (AvgIpc) is 3.89. The summed E-state index contributed by atoms with van der Waals surface area (Å²) in [6.45, 7) is 0. The van der Waals surface area contributed by atoms with Gasteiger partial charge in [0.05, 0.1) is 46.6 Å². The Kier molecular flexibility index (Phi) is 9.42. The Morgan fingerprint density at radius 1 is 0.905 bits per heavy atom. The maximum Gasteiger partial charge on any atom is 0.417 e. The third-order valence-corrected chi connectivity index (χ3v) is 13.3. The number of aromatic hydroxyl groups is 1. The third kappa shape index (κ3) is 6.19. The Hall–Kier alpha value is -6.71. The van der Waals surface area contributed by atoms with E-state index in [1.165, 1.54) is 19.2 Å². The summed E-state index contributed by atoms with van der Waals surface area (Å²) >= 11 is 12.7. The van der Waals surface area contributed by atoms with Crippen molar-refractivity contribution in [1.82, 2.24) is 15.0 Å². The van der Waals surface area contributed by atoms with Crippen LogP contribution in [0.15, 0.2) is 119 Å². The van der Waals surface area contributed by atoms with Crippen molar-refractivity contribution < 1.29 is 46.6 Å². The van der Waals surface area contributed by atoms with E-state index in [0.717, 1.165) is 4.90 Å². The summed E-state index contributed by atoms with van der Waals surface area (Å²) in [6, 6.07) is 25.4. The number of phenolic OH excluding ortho intramolecular Hbond substituents is 1. The van der Waals surface area contributed by atoms with Crippen LogP contribution >= 0.6 is 23.2 Å². The molecule has 4 aromatic carbocycles. The maximum absolute atomic E-state index is 15.5. The zero-order valence-electron chi connectivity index (χ0n) is 32.8. The molecular formula is C46H32Cl2F3N5O7. The number of hydrogen-bond donors (Lipinski definition) is 2. The normalized spacial score (nSPS) is 24.3. The highest BCUT2D eigenvalue weighted by atomic mass is 35.5. The first-order chi connectivity index (χ1) is 30.2. The number of hydrazine groups is 1. The SMILES string of the molecule is COc1ccc(O)c([C@H]2C3=CC[C@@H]4C(=O)N(c5ccc(-c6nc7ccccc7o6)cc5)C(=O)[C@@H]4[C@@H]3C[C@H]3C(=O)N(Nc4ncc(C(F)(F)F)cc4Cl)C(=O)[C@@]23c2ccc(Cl)cc2)c1. The van der Waals surface area contributed by atoms with E-state index in [2.05, 4.69) is 15.4 Å². The molecule has 4 aliphatic rings. The first kappa shape index (κ1) is 40.4. The number of fused-ring (bicyclic) bond motifs is 5. The fourth-order valence-electron chi connectivity index (χ4n) is 10.0. The monoisotopic (exact) mass is 893 g/mol. The number of benzene rings is 4. The number of carbonyl (C=O) groups excluding carboxylic acids is 4. The second kappa shape index (κ2) is 14.7. The zero-order valence-corrected chi connectivity index (χ0v) is 34.3. The molecule has 2 aliphatic heterocycles. The summed E-state index contributed by atoms with van der Waals surface area (Å²) in [5.41, 5.74) is 2.86. The Morgan fingerprint density at radius 3 is 2.35 bits per heavy atom. The quantitative estimate of drug-likeness (QED) is 0.117. The number of pyridine rings is 1. The molecule has 3 fully saturated rings. The highest BCUT2D eigenvalue weighted by Gasteiger charge is 2.71. The van der Waals surface area contributed by atoms with Gasteiger partial charge in [0.15, 0.2) is 11.4 Å². The lowest BCUT2D eigenvalue weighted by Crippen LogP contribution is -2.53. The molecule has 2 N–H and O–H groups in total. The van der Waals surface area contributed by atoms with E-state index in [-0.39, 0.29) is 24.2 Å². The van der Waals surface area contributed by atoms with Crippen molar-refractivity contribution in [3.05, 3.63) is 142 Å². The van der Waals surface area contributed by atoms with Gasteiger partial charge in [0, 0.05) is 28.3 Å². The van der Waals surface area contributed by atoms with Gasteiger partial charge in [-0.25, -0.2) is 9.97 Å². The molecule has 2 saturated heterocycles. The molecule has 0 bridgehead atoms. The molecule has 318 valence electrons. The number of methoxy groups -OCH3 is 1. The number of carbonyl (C=O) groups is 4. The van der Waals surface area contributed by atoms with E-state index >= 15 is 9.59 Å². The van der Waals surface area contributed by atoms with E-state index < -0.39 is 81.2 Å². The van der Waals surface area contributed by atoms with E-state index in [4.69, 9.17) is 32.4 Å². The van der Waals surface area contributed by atoms with Crippen molar-refractivity contribution in [2.24, 2.45) is 23.7 Å². The van der Waals surface area contributed by atoms with Crippen LogP contribution < -0.4 is 15.1 Å². The van der Waals surface area contributed by atoms with Crippen molar-refractivity contribution in [3.63, 3.8) is 0 Å². The lowest BCUT2D eigenvalue weighted by atomic mass is 9.49. The minimum atomic E-state index is -4.78. The van der Waals surface area contributed by atoms with Gasteiger partial charge in [0.1, 0.15) is 17.0 Å². The molecule has 2 aliphatic carbocycles. The average molecular weight is 895 g/mol. The number of phenols is 1. The minimum Gasteiger partial charge on any atom is -0.508 e. The van der Waals surface area contributed by atoms with Gasteiger partial charge in [0.2, 0.25) is 17.7 Å². The number of aromatic nitrogens is 2. The van der Waals surface area contributed by atoms with Crippen molar-refractivity contribution in [2.45, 2.75) is 30.4 Å². The number of amides is 4. The first-order valence-electron chi connectivity index (χ1n) is 19.7. The summed E-state index contributed by atoms with van der Waals surface area (Å²) in [7, 11) is 1.43. The van der Waals surface area contributed by atoms with Gasteiger partial charge in [-0.15, -0.1) is 0 Å². The smallest absolute Gasteiger partial charge is 0.417 e. The Labute approximate surface area is 365 Å². The summed E-state index contributed by atoms with van der Waals surface area (Å²) < 4.78 is 52.2. The fourth-order valence-corrected chi connectivity index (χ4v) is 10.4. The minimum absolute atomic E-state index is 0.0936. The first-order valence-corrected chi connectivity index (χ1v) is 20.5. The molecule has 63 heavy (non-hydrogen) atoms. The summed E-state index contributed by atoms with van der Waals surface area (Å²) in [4.78, 5) is 69.2. The van der Waals surface area contributed by atoms with Gasteiger partial charge >= 0.3 is 6.18 Å². The molecule has 4 amide bonds. The van der Waals surface area contributed by atoms with Crippen LogP contribution in [-0.2, 0) is 30.8 Å². The number of nitrogens with one attached hydrogen (secondary N) is 1. The third-order valence-electron chi connectivity index (χ3n) is 12.8. The number of anilines is 2. The highest BCUT2D eigenvalue weighted by molar-refractivity contribution is 6.33. The number of para-hydroxylation sites is 2. The molecule has 17 heteroatoms. The molecule has 2 aromatic heterocycles. The number of imide groups is 2. The topological polar surface area (TPSA) is 155 Å². The molecular weight excluding hydrogens is 862 g/mol. The van der Waals surface area contributed by atoms with E-state index in [1.807, 2.05) is 24.3 Å². The molecule has 0 radical (unpaired) electrons. The van der Waals surface area contributed by atoms with E-state index in [0.29, 0.717) is 67.4 Å². The van der Waals surface area contributed by atoms with Crippen LogP contribution in [0.2, 0.25) is 10.0 Å². The summed E-state index contributed by atoms with van der Waals surface area (Å²) in [5, 5.41) is 12.2. The lowest BCUT2D eigenvalue weighted by Gasteiger charge is -2.50. The predicted molar refractivity (Wildman–Crippen MR) is 223 cm³/mol. The number of nitrogens with zero attached hydrogens (tertiary/aromatic N) is 4. The number of hydrogen-bond acceptors (Lipinski definition) is 10. The second-order valence-corrected chi connectivity index (χ2v) is 16.7. The highest BCUT2D eigenvalue weighted by Crippen LogP contribution is 2.65. The standard InChI is InChI=1S/C46H32Cl2F3N5O7/c1-62-27-14-17-35(57)31(19-27)38-28-15-16-29-37(43(60)55(41(29)58)26-12-6-22(7-13-26)40-53-34-4-2-3-5-36(34)63-40)30(28)20-32-42(59)56(44(61)45(32,38)23-8-10-25(47)11-9-23)54-39-33(48)18-24(21-52-39)46(49,50)51/h2-15,17-19,21,29-30,32,37-38,57H,16,20H2,1H3,(H,52,54)/t29-,30+,32-,37-,38+,45+/m0/s1. The summed E-state index contributed by atoms with van der Waals surface area (Å²) in [6.07, 6.45) is -2.46. The van der Waals surface area contributed by atoms with Crippen LogP contribution in [-0.4, -0.2) is 50.8 Å². The van der Waals surface area contributed by atoms with Crippen LogP contribution in [0.4, 0.5) is 24.7 Å². The molecule has 4 heterocycles. The van der Waals surface area contributed by atoms with Crippen molar-refractivity contribution in [3.8, 4) is 23.0 Å². The largest absolute Gasteiger partial charge is 0.508 e. The van der Waals surface area contributed by atoms with Gasteiger partial charge in [-0.1, -0.05) is 59.1 Å². The van der Waals surface area contributed by atoms with Crippen LogP contribution in [0.1, 0.15) is 35.4 Å². The van der Waals surface area contributed by atoms with Gasteiger partial charge in [0.25, 0.3) is 11.8 Å². The van der Waals surface area contributed by atoms with Crippen LogP contribution in [0.25, 0.3) is 22.6 Å². The lowest BCUT2D eigenvalue weighted by molar-refractivity contribution is -0.139.